The first kappa shape index (κ1) is 10.8. The van der Waals surface area contributed by atoms with Gasteiger partial charge >= 0.3 is 0 Å². The molecule has 0 aromatic carbocycles. The SMILES string of the molecule is CSCC(C)NC(C)CC#N. The van der Waals surface area contributed by atoms with Crippen molar-refractivity contribution in [3.63, 3.8) is 0 Å². The van der Waals surface area contributed by atoms with Crippen LogP contribution in [0.5, 0.6) is 0 Å². The van der Waals surface area contributed by atoms with Crippen LogP contribution >= 0.6 is 11.8 Å². The van der Waals surface area contributed by atoms with Crippen LogP contribution in [0.15, 0.2) is 0 Å². The molecule has 64 valence electrons. The number of nitriles is 1. The standard InChI is InChI=1S/C8H16N2S/c1-7(4-5-9)10-8(2)6-11-3/h7-8,10H,4,6H2,1-3H3. The van der Waals surface area contributed by atoms with Gasteiger partial charge in [-0.1, -0.05) is 0 Å². The second kappa shape index (κ2) is 6.51. The minimum Gasteiger partial charge on any atom is -0.310 e. The highest BCUT2D eigenvalue weighted by Crippen LogP contribution is 1.98. The Labute approximate surface area is 73.4 Å². The van der Waals surface area contributed by atoms with Crippen molar-refractivity contribution < 1.29 is 0 Å². The highest BCUT2D eigenvalue weighted by Gasteiger charge is 2.04. The molecule has 11 heavy (non-hydrogen) atoms. The van der Waals surface area contributed by atoms with E-state index in [0.717, 1.165) is 5.75 Å². The maximum absolute atomic E-state index is 8.38. The van der Waals surface area contributed by atoms with Crippen LogP contribution in [0.2, 0.25) is 0 Å². The molecule has 0 saturated carbocycles. The van der Waals surface area contributed by atoms with Crippen LogP contribution in [0, 0.1) is 11.3 Å². The lowest BCUT2D eigenvalue weighted by Gasteiger charge is -2.16. The van der Waals surface area contributed by atoms with E-state index in [0.29, 0.717) is 18.5 Å². The van der Waals surface area contributed by atoms with Crippen molar-refractivity contribution in [3.8, 4) is 6.07 Å². The number of nitrogens with one attached hydrogen (secondary N) is 1. The molecule has 0 fully saturated rings. The van der Waals surface area contributed by atoms with Crippen molar-refractivity contribution in [1.82, 2.24) is 5.32 Å². The Bertz CT molecular complexity index is 131. The first-order valence-corrected chi connectivity index (χ1v) is 5.22. The van der Waals surface area contributed by atoms with Gasteiger partial charge < -0.3 is 5.32 Å². The Hall–Kier alpha value is -0.200. The zero-order valence-electron chi connectivity index (χ0n) is 7.42. The molecule has 0 saturated heterocycles. The maximum atomic E-state index is 8.38. The van der Waals surface area contributed by atoms with E-state index in [9.17, 15) is 0 Å². The molecule has 0 amide bonds. The number of rotatable bonds is 5. The molecule has 0 aromatic rings. The summed E-state index contributed by atoms with van der Waals surface area (Å²) in [6.45, 7) is 4.18. The van der Waals surface area contributed by atoms with E-state index in [1.54, 1.807) is 0 Å². The van der Waals surface area contributed by atoms with E-state index in [1.165, 1.54) is 0 Å². The van der Waals surface area contributed by atoms with E-state index in [2.05, 4.69) is 24.6 Å². The average molecular weight is 172 g/mol. The second-order valence-corrected chi connectivity index (χ2v) is 3.70. The monoisotopic (exact) mass is 172 g/mol. The third-order valence-electron chi connectivity index (χ3n) is 1.38. The second-order valence-electron chi connectivity index (χ2n) is 2.79. The molecule has 2 atom stereocenters. The Morgan fingerprint density at radius 3 is 2.55 bits per heavy atom. The van der Waals surface area contributed by atoms with E-state index in [4.69, 9.17) is 5.26 Å². The molecule has 1 N–H and O–H groups in total. The van der Waals surface area contributed by atoms with Gasteiger partial charge in [0.05, 0.1) is 12.5 Å². The maximum Gasteiger partial charge on any atom is 0.0638 e. The molecule has 0 aliphatic rings. The van der Waals surface area contributed by atoms with Gasteiger partial charge in [-0.2, -0.15) is 17.0 Å². The van der Waals surface area contributed by atoms with Crippen molar-refractivity contribution in [1.29, 1.82) is 5.26 Å². The van der Waals surface area contributed by atoms with Gasteiger partial charge in [-0.15, -0.1) is 0 Å². The predicted molar refractivity (Wildman–Crippen MR) is 50.7 cm³/mol. The average Bonchev–Trinajstić information content (AvgIpc) is 1.87. The van der Waals surface area contributed by atoms with Crippen molar-refractivity contribution >= 4 is 11.8 Å². The molecule has 0 bridgehead atoms. The van der Waals surface area contributed by atoms with Gasteiger partial charge in [0.15, 0.2) is 0 Å². The summed E-state index contributed by atoms with van der Waals surface area (Å²) in [4.78, 5) is 0. The van der Waals surface area contributed by atoms with Gasteiger partial charge in [0.2, 0.25) is 0 Å². The molecular formula is C8H16N2S. The minimum atomic E-state index is 0.321. The van der Waals surface area contributed by atoms with Crippen LogP contribution in [-0.2, 0) is 0 Å². The van der Waals surface area contributed by atoms with Gasteiger partial charge in [-0.05, 0) is 20.1 Å². The van der Waals surface area contributed by atoms with Crippen molar-refractivity contribution in [2.75, 3.05) is 12.0 Å². The lowest BCUT2D eigenvalue weighted by Crippen LogP contribution is -2.35. The van der Waals surface area contributed by atoms with Crippen LogP contribution in [0.25, 0.3) is 0 Å². The van der Waals surface area contributed by atoms with Gasteiger partial charge in [-0.3, -0.25) is 0 Å². The van der Waals surface area contributed by atoms with Gasteiger partial charge in [0, 0.05) is 17.8 Å². The normalized spacial score (nSPS) is 15.5. The van der Waals surface area contributed by atoms with Crippen LogP contribution < -0.4 is 5.32 Å². The number of thioether (sulfide) groups is 1. The Kier molecular flexibility index (Phi) is 6.39. The summed E-state index contributed by atoms with van der Waals surface area (Å²) >= 11 is 1.82. The van der Waals surface area contributed by atoms with Crippen LogP contribution in [0.1, 0.15) is 20.3 Å². The first-order valence-electron chi connectivity index (χ1n) is 3.82. The fourth-order valence-corrected chi connectivity index (χ4v) is 1.58. The first-order chi connectivity index (χ1) is 5.20. The highest BCUT2D eigenvalue weighted by atomic mass is 32.2. The lowest BCUT2D eigenvalue weighted by atomic mass is 10.2. The van der Waals surface area contributed by atoms with Gasteiger partial charge in [-0.25, -0.2) is 0 Å². The summed E-state index contributed by atoms with van der Waals surface area (Å²) in [6.07, 6.45) is 2.69. The summed E-state index contributed by atoms with van der Waals surface area (Å²) < 4.78 is 0. The van der Waals surface area contributed by atoms with Crippen molar-refractivity contribution in [3.05, 3.63) is 0 Å². The molecule has 3 heteroatoms. The third kappa shape index (κ3) is 6.21. The largest absolute Gasteiger partial charge is 0.310 e. The minimum absolute atomic E-state index is 0.321. The topological polar surface area (TPSA) is 35.8 Å². The molecule has 2 unspecified atom stereocenters. The molecule has 0 radical (unpaired) electrons. The molecule has 0 aliphatic heterocycles. The number of hydrogen-bond donors (Lipinski definition) is 1. The summed E-state index contributed by atoms with van der Waals surface area (Å²) in [7, 11) is 0. The zero-order chi connectivity index (χ0) is 8.69. The van der Waals surface area contributed by atoms with E-state index in [1.807, 2.05) is 18.7 Å². The quantitative estimate of drug-likeness (QED) is 0.684. The van der Waals surface area contributed by atoms with E-state index >= 15 is 0 Å². The summed E-state index contributed by atoms with van der Waals surface area (Å²) in [5, 5.41) is 11.7. The highest BCUT2D eigenvalue weighted by molar-refractivity contribution is 7.98. The van der Waals surface area contributed by atoms with E-state index < -0.39 is 0 Å². The molecular weight excluding hydrogens is 156 g/mol. The Morgan fingerprint density at radius 1 is 1.45 bits per heavy atom. The summed E-state index contributed by atoms with van der Waals surface area (Å²) in [5.41, 5.74) is 0. The number of hydrogen-bond acceptors (Lipinski definition) is 3. The molecule has 0 aliphatic carbocycles. The van der Waals surface area contributed by atoms with Gasteiger partial charge in [0.25, 0.3) is 0 Å². The Balaban J connectivity index is 3.41. The van der Waals surface area contributed by atoms with Crippen LogP contribution in [-0.4, -0.2) is 24.1 Å². The fraction of sp³-hybridized carbons (Fsp3) is 0.875. The van der Waals surface area contributed by atoms with Crippen molar-refractivity contribution in [2.45, 2.75) is 32.4 Å². The van der Waals surface area contributed by atoms with Gasteiger partial charge in [0.1, 0.15) is 0 Å². The molecule has 0 rings (SSSR count). The van der Waals surface area contributed by atoms with Crippen LogP contribution in [0.4, 0.5) is 0 Å². The number of nitrogens with zero attached hydrogens (tertiary/aromatic N) is 1. The molecule has 0 aromatic heterocycles. The zero-order valence-corrected chi connectivity index (χ0v) is 8.24. The van der Waals surface area contributed by atoms with Crippen molar-refractivity contribution in [2.24, 2.45) is 0 Å². The lowest BCUT2D eigenvalue weighted by molar-refractivity contribution is 0.501. The Morgan fingerprint density at radius 2 is 2.09 bits per heavy atom. The predicted octanol–water partition coefficient (Wildman–Crippen LogP) is 1.63. The molecule has 0 heterocycles. The van der Waals surface area contributed by atoms with Crippen LogP contribution in [0.3, 0.4) is 0 Å². The molecule has 2 nitrogen and oxygen atoms in total. The summed E-state index contributed by atoms with van der Waals surface area (Å²) in [6, 6.07) is 2.97. The van der Waals surface area contributed by atoms with E-state index in [-0.39, 0.29) is 0 Å². The molecule has 0 spiro atoms. The third-order valence-corrected chi connectivity index (χ3v) is 2.22. The fourth-order valence-electron chi connectivity index (χ4n) is 0.980. The smallest absolute Gasteiger partial charge is 0.0638 e. The summed E-state index contributed by atoms with van der Waals surface area (Å²) in [5.74, 6) is 1.11.